The summed E-state index contributed by atoms with van der Waals surface area (Å²) in [5, 5.41) is 0. The van der Waals surface area contributed by atoms with Crippen molar-refractivity contribution in [2.45, 2.75) is 18.9 Å². The quantitative estimate of drug-likeness (QED) is 0.496. The molecule has 9 heavy (non-hydrogen) atoms. The smallest absolute Gasteiger partial charge is 0.00920 e. The van der Waals surface area contributed by atoms with Gasteiger partial charge < -0.3 is 10.6 Å². The van der Waals surface area contributed by atoms with Gasteiger partial charge in [0.25, 0.3) is 0 Å². The molecule has 2 fully saturated rings. The number of hydrogen-bond acceptors (Lipinski definition) is 2. The Hall–Kier alpha value is -0.0800. The Morgan fingerprint density at radius 1 is 1.22 bits per heavy atom. The fourth-order valence-corrected chi connectivity index (χ4v) is 1.98. The summed E-state index contributed by atoms with van der Waals surface area (Å²) in [6.45, 7) is 3.83. The van der Waals surface area contributed by atoms with E-state index in [0.29, 0.717) is 6.04 Å². The van der Waals surface area contributed by atoms with Crippen LogP contribution in [0, 0.1) is 5.92 Å². The predicted octanol–water partition coefficient (Wildman–Crippen LogP) is 0.0393. The van der Waals surface area contributed by atoms with Crippen LogP contribution in [0.4, 0.5) is 0 Å². The van der Waals surface area contributed by atoms with E-state index in [1.54, 1.807) is 0 Å². The van der Waals surface area contributed by atoms with E-state index >= 15 is 0 Å². The highest BCUT2D eigenvalue weighted by atomic mass is 15.2. The van der Waals surface area contributed by atoms with Crippen LogP contribution < -0.4 is 5.73 Å². The van der Waals surface area contributed by atoms with Crippen LogP contribution in [0.1, 0.15) is 12.8 Å². The second kappa shape index (κ2) is 1.96. The zero-order valence-electron chi connectivity index (χ0n) is 5.71. The van der Waals surface area contributed by atoms with Crippen LogP contribution >= 0.6 is 0 Å². The molecule has 2 bridgehead atoms. The maximum absolute atomic E-state index is 5.89. The van der Waals surface area contributed by atoms with Gasteiger partial charge in [-0.05, 0) is 31.8 Å². The van der Waals surface area contributed by atoms with E-state index < -0.39 is 0 Å². The molecule has 0 aliphatic carbocycles. The van der Waals surface area contributed by atoms with Crippen molar-refractivity contribution in [3.8, 4) is 0 Å². The first-order valence-electron chi connectivity index (χ1n) is 3.84. The first kappa shape index (κ1) is 5.69. The van der Waals surface area contributed by atoms with Crippen molar-refractivity contribution in [2.24, 2.45) is 11.7 Å². The van der Waals surface area contributed by atoms with Crippen molar-refractivity contribution in [2.75, 3.05) is 19.6 Å². The number of nitrogens with two attached hydrogens (primary N) is 1. The van der Waals surface area contributed by atoms with Gasteiger partial charge in [0, 0.05) is 12.6 Å². The third-order valence-corrected chi connectivity index (χ3v) is 2.69. The molecule has 2 rings (SSSR count). The summed E-state index contributed by atoms with van der Waals surface area (Å²) < 4.78 is 0. The van der Waals surface area contributed by atoms with Crippen LogP contribution in [0.25, 0.3) is 0 Å². The molecule has 0 aromatic carbocycles. The molecular weight excluding hydrogens is 112 g/mol. The second-order valence-electron chi connectivity index (χ2n) is 3.30. The van der Waals surface area contributed by atoms with Crippen LogP contribution in [0.15, 0.2) is 0 Å². The largest absolute Gasteiger partial charge is 0.327 e. The van der Waals surface area contributed by atoms with Crippen molar-refractivity contribution in [1.82, 2.24) is 4.90 Å². The maximum Gasteiger partial charge on any atom is 0.00920 e. The molecule has 0 spiro atoms. The SMILES string of the molecule is NC1CCN2CCC1C2. The van der Waals surface area contributed by atoms with E-state index in [9.17, 15) is 0 Å². The summed E-state index contributed by atoms with van der Waals surface area (Å²) in [5.74, 6) is 0.832. The lowest BCUT2D eigenvalue weighted by Crippen LogP contribution is -2.40. The van der Waals surface area contributed by atoms with Gasteiger partial charge in [-0.2, -0.15) is 0 Å². The van der Waals surface area contributed by atoms with Gasteiger partial charge in [-0.25, -0.2) is 0 Å². The molecular formula is C7H14N2. The molecule has 2 heteroatoms. The lowest BCUT2D eigenvalue weighted by atomic mass is 9.95. The highest BCUT2D eigenvalue weighted by molar-refractivity contribution is 4.88. The average Bonchev–Trinajstić information content (AvgIpc) is 2.25. The molecule has 3 atom stereocenters. The van der Waals surface area contributed by atoms with E-state index in [0.717, 1.165) is 5.92 Å². The van der Waals surface area contributed by atoms with Gasteiger partial charge in [-0.1, -0.05) is 0 Å². The van der Waals surface area contributed by atoms with E-state index in [1.165, 1.54) is 32.5 Å². The van der Waals surface area contributed by atoms with Crippen LogP contribution in [0.3, 0.4) is 0 Å². The normalized spacial score (nSPS) is 49.7. The summed E-state index contributed by atoms with van der Waals surface area (Å²) in [5.41, 5.74) is 5.89. The van der Waals surface area contributed by atoms with Gasteiger partial charge in [-0.15, -0.1) is 0 Å². The summed E-state index contributed by atoms with van der Waals surface area (Å²) in [4.78, 5) is 2.52. The van der Waals surface area contributed by atoms with E-state index in [2.05, 4.69) is 4.90 Å². The molecule has 0 aromatic rings. The zero-order valence-corrected chi connectivity index (χ0v) is 5.71. The average molecular weight is 126 g/mol. The van der Waals surface area contributed by atoms with Gasteiger partial charge in [-0.3, -0.25) is 0 Å². The minimum Gasteiger partial charge on any atom is -0.327 e. The third kappa shape index (κ3) is 0.864. The molecule has 0 radical (unpaired) electrons. The molecule has 2 nitrogen and oxygen atoms in total. The Labute approximate surface area is 56.0 Å². The number of fused-ring (bicyclic) bond motifs is 2. The van der Waals surface area contributed by atoms with Crippen molar-refractivity contribution in [1.29, 1.82) is 0 Å². The zero-order chi connectivity index (χ0) is 6.27. The van der Waals surface area contributed by atoms with Gasteiger partial charge in [0.2, 0.25) is 0 Å². The van der Waals surface area contributed by atoms with Gasteiger partial charge in [0.05, 0.1) is 0 Å². The third-order valence-electron chi connectivity index (χ3n) is 2.69. The number of hydrogen-bond donors (Lipinski definition) is 1. The minimum absolute atomic E-state index is 0.517. The van der Waals surface area contributed by atoms with Gasteiger partial charge in [0.1, 0.15) is 0 Å². The molecule has 0 amide bonds. The standard InChI is InChI=1S/C7H14N2/c8-7-2-4-9-3-1-6(7)5-9/h6-7H,1-5,8H2. The van der Waals surface area contributed by atoms with Crippen LogP contribution in [0.5, 0.6) is 0 Å². The van der Waals surface area contributed by atoms with Crippen LogP contribution in [-0.4, -0.2) is 30.6 Å². The van der Waals surface area contributed by atoms with Gasteiger partial charge >= 0.3 is 0 Å². The highest BCUT2D eigenvalue weighted by Crippen LogP contribution is 2.25. The Morgan fingerprint density at radius 2 is 2.00 bits per heavy atom. The Bertz CT molecular complexity index is 113. The molecule has 2 heterocycles. The number of piperidine rings is 1. The summed E-state index contributed by atoms with van der Waals surface area (Å²) in [6, 6.07) is 0.517. The van der Waals surface area contributed by atoms with Crippen molar-refractivity contribution in [3.63, 3.8) is 0 Å². The van der Waals surface area contributed by atoms with Crippen molar-refractivity contribution >= 4 is 0 Å². The van der Waals surface area contributed by atoms with E-state index in [1.807, 2.05) is 0 Å². The monoisotopic (exact) mass is 126 g/mol. The second-order valence-corrected chi connectivity index (χ2v) is 3.30. The molecule has 0 aromatic heterocycles. The lowest BCUT2D eigenvalue weighted by molar-refractivity contribution is 0.246. The Balaban J connectivity index is 2.05. The topological polar surface area (TPSA) is 29.3 Å². The number of rotatable bonds is 0. The highest BCUT2D eigenvalue weighted by Gasteiger charge is 2.31. The number of nitrogens with zero attached hydrogens (tertiary/aromatic N) is 1. The van der Waals surface area contributed by atoms with E-state index in [-0.39, 0.29) is 0 Å². The fraction of sp³-hybridized carbons (Fsp3) is 1.00. The molecule has 3 unspecified atom stereocenters. The maximum atomic E-state index is 5.89. The van der Waals surface area contributed by atoms with Crippen molar-refractivity contribution in [3.05, 3.63) is 0 Å². The van der Waals surface area contributed by atoms with Crippen molar-refractivity contribution < 1.29 is 0 Å². The Kier molecular flexibility index (Phi) is 1.24. The molecule has 2 N–H and O–H groups in total. The Morgan fingerprint density at radius 3 is 2.78 bits per heavy atom. The first-order chi connectivity index (χ1) is 4.36. The predicted molar refractivity (Wildman–Crippen MR) is 37.1 cm³/mol. The molecule has 2 aliphatic rings. The summed E-state index contributed by atoms with van der Waals surface area (Å²) in [6.07, 6.45) is 2.58. The molecule has 2 saturated heterocycles. The molecule has 0 saturated carbocycles. The first-order valence-corrected chi connectivity index (χ1v) is 3.84. The summed E-state index contributed by atoms with van der Waals surface area (Å²) >= 11 is 0. The lowest BCUT2D eigenvalue weighted by Gasteiger charge is -2.27. The van der Waals surface area contributed by atoms with Crippen LogP contribution in [-0.2, 0) is 0 Å². The minimum atomic E-state index is 0.517. The molecule has 2 aliphatic heterocycles. The molecule has 52 valence electrons. The summed E-state index contributed by atoms with van der Waals surface area (Å²) in [7, 11) is 0. The van der Waals surface area contributed by atoms with Gasteiger partial charge in [0.15, 0.2) is 0 Å². The van der Waals surface area contributed by atoms with E-state index in [4.69, 9.17) is 5.73 Å². The van der Waals surface area contributed by atoms with Crippen LogP contribution in [0.2, 0.25) is 0 Å². The fourth-order valence-electron chi connectivity index (χ4n) is 1.98.